The Morgan fingerprint density at radius 2 is 1.97 bits per heavy atom. The van der Waals surface area contributed by atoms with Crippen LogP contribution in [0, 0.1) is 25.2 Å². The SMILES string of the molecule is CSc1nc2nc(C)c(CC(=O)NCCCc3nn(-c4ccccc4)c(N)c3C#N)c(C)n2n1. The average Bonchev–Trinajstić information content (AvgIpc) is 3.40. The van der Waals surface area contributed by atoms with Gasteiger partial charge in [-0.3, -0.25) is 4.79 Å². The summed E-state index contributed by atoms with van der Waals surface area (Å²) < 4.78 is 3.26. The summed E-state index contributed by atoms with van der Waals surface area (Å²) in [7, 11) is 0. The lowest BCUT2D eigenvalue weighted by atomic mass is 10.1. The van der Waals surface area contributed by atoms with Gasteiger partial charge in [-0.2, -0.15) is 15.3 Å². The second-order valence-corrected chi connectivity index (χ2v) is 8.54. The number of carbonyl (C=O) groups excluding carboxylic acids is 1. The van der Waals surface area contributed by atoms with Gasteiger partial charge in [0.25, 0.3) is 5.78 Å². The average molecular weight is 476 g/mol. The molecule has 0 spiro atoms. The van der Waals surface area contributed by atoms with E-state index in [0.717, 1.165) is 22.6 Å². The van der Waals surface area contributed by atoms with Crippen molar-refractivity contribution < 1.29 is 4.79 Å². The molecule has 3 heterocycles. The fourth-order valence-corrected chi connectivity index (χ4v) is 4.12. The van der Waals surface area contributed by atoms with Gasteiger partial charge in [0.2, 0.25) is 11.1 Å². The Kier molecular flexibility index (Phi) is 6.79. The molecule has 11 heteroatoms. The maximum atomic E-state index is 12.6. The van der Waals surface area contributed by atoms with Gasteiger partial charge < -0.3 is 11.1 Å². The van der Waals surface area contributed by atoms with Crippen molar-refractivity contribution in [3.05, 3.63) is 58.5 Å². The van der Waals surface area contributed by atoms with E-state index in [2.05, 4.69) is 31.6 Å². The molecule has 0 aliphatic carbocycles. The summed E-state index contributed by atoms with van der Waals surface area (Å²) in [5, 5.41) is 22.1. The topological polar surface area (TPSA) is 140 Å². The fourth-order valence-electron chi connectivity index (χ4n) is 3.78. The van der Waals surface area contributed by atoms with E-state index in [-0.39, 0.29) is 12.3 Å². The van der Waals surface area contributed by atoms with Gasteiger partial charge in [0.15, 0.2) is 0 Å². The monoisotopic (exact) mass is 475 g/mol. The lowest BCUT2D eigenvalue weighted by Gasteiger charge is -2.10. The molecule has 4 aromatic rings. The number of nitrogens with two attached hydrogens (primary N) is 1. The standard InChI is InChI=1S/C23H25N9OS/c1-14-17(15(2)31-22(27-14)28-23(30-31)34-3)12-20(33)26-11-7-10-19-18(13-24)21(25)32(29-19)16-8-5-4-6-9-16/h4-6,8-9H,7,10-12,25H2,1-3H3,(H,26,33). The zero-order valence-corrected chi connectivity index (χ0v) is 20.1. The number of nitrogens with one attached hydrogen (secondary N) is 1. The predicted octanol–water partition coefficient (Wildman–Crippen LogP) is 2.39. The molecule has 3 aromatic heterocycles. The van der Waals surface area contributed by atoms with E-state index in [1.807, 2.05) is 50.4 Å². The second kappa shape index (κ2) is 9.93. The molecule has 0 radical (unpaired) electrons. The first-order valence-electron chi connectivity index (χ1n) is 10.8. The largest absolute Gasteiger partial charge is 0.382 e. The van der Waals surface area contributed by atoms with E-state index in [1.54, 1.807) is 9.20 Å². The van der Waals surface area contributed by atoms with Gasteiger partial charge in [-0.25, -0.2) is 14.2 Å². The van der Waals surface area contributed by atoms with Gasteiger partial charge in [0.1, 0.15) is 17.5 Å². The van der Waals surface area contributed by atoms with Gasteiger partial charge in [-0.05, 0) is 45.1 Å². The van der Waals surface area contributed by atoms with Crippen LogP contribution < -0.4 is 11.1 Å². The Labute approximate surface area is 201 Å². The number of thioether (sulfide) groups is 1. The minimum absolute atomic E-state index is 0.104. The molecule has 34 heavy (non-hydrogen) atoms. The number of rotatable bonds is 8. The molecule has 4 rings (SSSR count). The minimum Gasteiger partial charge on any atom is -0.382 e. The molecule has 1 aromatic carbocycles. The Balaban J connectivity index is 1.38. The van der Waals surface area contributed by atoms with Gasteiger partial charge in [0.05, 0.1) is 17.8 Å². The normalized spacial score (nSPS) is 11.0. The molecule has 0 saturated heterocycles. The third kappa shape index (κ3) is 4.58. The van der Waals surface area contributed by atoms with Crippen LogP contribution in [0.25, 0.3) is 11.5 Å². The summed E-state index contributed by atoms with van der Waals surface area (Å²) >= 11 is 1.45. The molecule has 0 aliphatic rings. The number of carbonyl (C=O) groups is 1. The molecule has 0 bridgehead atoms. The first-order valence-corrected chi connectivity index (χ1v) is 12.0. The van der Waals surface area contributed by atoms with E-state index in [4.69, 9.17) is 5.73 Å². The smallest absolute Gasteiger partial charge is 0.253 e. The van der Waals surface area contributed by atoms with Crippen LogP contribution in [0.1, 0.15) is 34.6 Å². The molecule has 0 saturated carbocycles. The van der Waals surface area contributed by atoms with E-state index in [9.17, 15) is 10.1 Å². The first kappa shape index (κ1) is 23.3. The highest BCUT2D eigenvalue weighted by Crippen LogP contribution is 2.21. The molecule has 0 aliphatic heterocycles. The summed E-state index contributed by atoms with van der Waals surface area (Å²) in [5.74, 6) is 0.748. The number of hydrogen-bond acceptors (Lipinski definition) is 8. The van der Waals surface area contributed by atoms with Gasteiger partial charge >= 0.3 is 0 Å². The highest BCUT2D eigenvalue weighted by Gasteiger charge is 2.18. The van der Waals surface area contributed by atoms with Crippen LogP contribution in [0.2, 0.25) is 0 Å². The van der Waals surface area contributed by atoms with Crippen molar-refractivity contribution >= 4 is 29.3 Å². The number of amides is 1. The Morgan fingerprint density at radius 1 is 1.21 bits per heavy atom. The van der Waals surface area contributed by atoms with E-state index < -0.39 is 0 Å². The molecule has 174 valence electrons. The van der Waals surface area contributed by atoms with Crippen molar-refractivity contribution in [2.75, 3.05) is 18.5 Å². The molecule has 1 amide bonds. The Hall–Kier alpha value is -3.91. The molecule has 3 N–H and O–H groups in total. The summed E-state index contributed by atoms with van der Waals surface area (Å²) in [6.07, 6.45) is 3.26. The number of aryl methyl sites for hydroxylation is 3. The molecule has 0 fully saturated rings. The van der Waals surface area contributed by atoms with Crippen LogP contribution in [0.4, 0.5) is 5.82 Å². The maximum Gasteiger partial charge on any atom is 0.253 e. The highest BCUT2D eigenvalue weighted by atomic mass is 32.2. The Bertz CT molecular complexity index is 1390. The molecule has 10 nitrogen and oxygen atoms in total. The number of hydrogen-bond donors (Lipinski definition) is 2. The zero-order valence-electron chi connectivity index (χ0n) is 19.2. The van der Waals surface area contributed by atoms with Crippen molar-refractivity contribution in [2.45, 2.75) is 38.3 Å². The van der Waals surface area contributed by atoms with Gasteiger partial charge in [-0.15, -0.1) is 5.10 Å². The Morgan fingerprint density at radius 3 is 2.68 bits per heavy atom. The van der Waals surface area contributed by atoms with Crippen molar-refractivity contribution in [3.63, 3.8) is 0 Å². The number of nitrogen functional groups attached to an aromatic ring is 1. The van der Waals surface area contributed by atoms with Gasteiger partial charge in [-0.1, -0.05) is 30.0 Å². The van der Waals surface area contributed by atoms with Crippen LogP contribution in [-0.4, -0.2) is 48.1 Å². The number of benzene rings is 1. The van der Waals surface area contributed by atoms with Crippen LogP contribution in [0.3, 0.4) is 0 Å². The first-order chi connectivity index (χ1) is 16.4. The summed E-state index contributed by atoms with van der Waals surface area (Å²) in [4.78, 5) is 21.5. The zero-order chi connectivity index (χ0) is 24.2. The van der Waals surface area contributed by atoms with Crippen LogP contribution in [-0.2, 0) is 17.6 Å². The van der Waals surface area contributed by atoms with Crippen LogP contribution >= 0.6 is 11.8 Å². The van der Waals surface area contributed by atoms with Crippen LogP contribution in [0.5, 0.6) is 0 Å². The lowest BCUT2D eigenvalue weighted by molar-refractivity contribution is -0.120. The summed E-state index contributed by atoms with van der Waals surface area (Å²) in [6, 6.07) is 11.6. The van der Waals surface area contributed by atoms with Gasteiger partial charge in [0, 0.05) is 23.5 Å². The summed E-state index contributed by atoms with van der Waals surface area (Å²) in [5.41, 5.74) is 10.4. The fraction of sp³-hybridized carbons (Fsp3) is 0.304. The lowest BCUT2D eigenvalue weighted by Crippen LogP contribution is -2.27. The number of fused-ring (bicyclic) bond motifs is 1. The predicted molar refractivity (Wildman–Crippen MR) is 130 cm³/mol. The highest BCUT2D eigenvalue weighted by molar-refractivity contribution is 7.98. The summed E-state index contributed by atoms with van der Waals surface area (Å²) in [6.45, 7) is 4.25. The molecular formula is C23H25N9OS. The van der Waals surface area contributed by atoms with Crippen LogP contribution in [0.15, 0.2) is 35.5 Å². The second-order valence-electron chi connectivity index (χ2n) is 7.77. The molecule has 0 atom stereocenters. The molecular weight excluding hydrogens is 450 g/mol. The number of aromatic nitrogens is 6. The number of anilines is 1. The van der Waals surface area contributed by atoms with E-state index in [1.165, 1.54) is 11.8 Å². The van der Waals surface area contributed by atoms with E-state index >= 15 is 0 Å². The van der Waals surface area contributed by atoms with Crippen molar-refractivity contribution in [1.29, 1.82) is 5.26 Å². The minimum atomic E-state index is -0.104. The third-order valence-corrected chi connectivity index (χ3v) is 6.11. The number of para-hydroxylation sites is 1. The van der Waals surface area contributed by atoms with E-state index in [0.29, 0.717) is 47.4 Å². The molecule has 0 unspecified atom stereocenters. The van der Waals surface area contributed by atoms with Crippen molar-refractivity contribution in [1.82, 2.24) is 34.7 Å². The maximum absolute atomic E-state index is 12.6. The number of nitrogens with zero attached hydrogens (tertiary/aromatic N) is 7. The quantitative estimate of drug-likeness (QED) is 0.292. The number of nitriles is 1. The van der Waals surface area contributed by atoms with Crippen molar-refractivity contribution in [2.24, 2.45) is 0 Å². The third-order valence-electron chi connectivity index (χ3n) is 5.57. The van der Waals surface area contributed by atoms with Crippen molar-refractivity contribution in [3.8, 4) is 11.8 Å².